The Morgan fingerprint density at radius 3 is 2.48 bits per heavy atom. The van der Waals surface area contributed by atoms with E-state index in [1.807, 2.05) is 12.1 Å². The highest BCUT2D eigenvalue weighted by Crippen LogP contribution is 2.34. The van der Waals surface area contributed by atoms with Crippen LogP contribution < -0.4 is 15.2 Å². The Balaban J connectivity index is 0.00000225. The molecule has 1 aliphatic carbocycles. The van der Waals surface area contributed by atoms with Crippen LogP contribution >= 0.6 is 12.4 Å². The molecule has 136 valence electrons. The molecule has 0 radical (unpaired) electrons. The number of rotatable bonds is 9. The van der Waals surface area contributed by atoms with Gasteiger partial charge in [0.2, 0.25) is 0 Å². The van der Waals surface area contributed by atoms with Gasteiger partial charge in [0.1, 0.15) is 0 Å². The summed E-state index contributed by atoms with van der Waals surface area (Å²) >= 11 is 0. The third kappa shape index (κ3) is 6.26. The van der Waals surface area contributed by atoms with E-state index in [0.29, 0.717) is 6.61 Å². The molecule has 25 heavy (non-hydrogen) atoms. The minimum Gasteiger partial charge on any atom is -0.493 e. The summed E-state index contributed by atoms with van der Waals surface area (Å²) in [6, 6.07) is 16.8. The molecule has 0 spiro atoms. The second kappa shape index (κ2) is 9.69. The van der Waals surface area contributed by atoms with Crippen LogP contribution in [0.1, 0.15) is 30.4 Å². The summed E-state index contributed by atoms with van der Waals surface area (Å²) in [4.78, 5) is 0. The van der Waals surface area contributed by atoms with Gasteiger partial charge in [-0.15, -0.1) is 12.4 Å². The predicted molar refractivity (Wildman–Crippen MR) is 105 cm³/mol. The van der Waals surface area contributed by atoms with Gasteiger partial charge in [0.25, 0.3) is 0 Å². The van der Waals surface area contributed by atoms with E-state index in [2.05, 4.69) is 36.4 Å². The van der Waals surface area contributed by atoms with Crippen LogP contribution in [0, 0.1) is 5.92 Å². The van der Waals surface area contributed by atoms with Crippen molar-refractivity contribution >= 4 is 12.4 Å². The lowest BCUT2D eigenvalue weighted by Gasteiger charge is -2.15. The van der Waals surface area contributed by atoms with Crippen LogP contribution in [0.2, 0.25) is 0 Å². The Labute approximate surface area is 156 Å². The highest BCUT2D eigenvalue weighted by atomic mass is 35.5. The number of ether oxygens (including phenoxy) is 2. The largest absolute Gasteiger partial charge is 0.493 e. The lowest BCUT2D eigenvalue weighted by Crippen LogP contribution is -2.23. The summed E-state index contributed by atoms with van der Waals surface area (Å²) in [5, 5.41) is 0. The molecule has 0 aliphatic heterocycles. The van der Waals surface area contributed by atoms with Gasteiger partial charge in [-0.05, 0) is 42.0 Å². The van der Waals surface area contributed by atoms with Crippen molar-refractivity contribution in [3.05, 3.63) is 59.7 Å². The van der Waals surface area contributed by atoms with Gasteiger partial charge in [-0.2, -0.15) is 0 Å². The fourth-order valence-electron chi connectivity index (χ4n) is 3.05. The Hall–Kier alpha value is -1.71. The van der Waals surface area contributed by atoms with E-state index in [4.69, 9.17) is 15.2 Å². The summed E-state index contributed by atoms with van der Waals surface area (Å²) < 4.78 is 11.4. The number of nitrogens with two attached hydrogens (primary N) is 1. The molecule has 1 atom stereocenters. The molecule has 0 aromatic heterocycles. The van der Waals surface area contributed by atoms with Gasteiger partial charge >= 0.3 is 0 Å². The first kappa shape index (κ1) is 19.6. The van der Waals surface area contributed by atoms with Crippen LogP contribution in [-0.2, 0) is 12.8 Å². The molecule has 1 fully saturated rings. The summed E-state index contributed by atoms with van der Waals surface area (Å²) in [7, 11) is 1.68. The first-order valence-corrected chi connectivity index (χ1v) is 8.84. The molecular weight excluding hydrogens is 334 g/mol. The minimum atomic E-state index is 0. The molecule has 2 N–H and O–H groups in total. The number of methoxy groups -OCH3 is 1. The molecule has 2 aromatic carbocycles. The fraction of sp³-hybridized carbons (Fsp3) is 0.429. The molecule has 0 heterocycles. The second-order valence-corrected chi connectivity index (χ2v) is 6.71. The van der Waals surface area contributed by atoms with E-state index >= 15 is 0 Å². The van der Waals surface area contributed by atoms with E-state index in [0.717, 1.165) is 36.7 Å². The van der Waals surface area contributed by atoms with E-state index < -0.39 is 0 Å². The quantitative estimate of drug-likeness (QED) is 0.719. The van der Waals surface area contributed by atoms with E-state index in [9.17, 15) is 0 Å². The zero-order chi connectivity index (χ0) is 16.8. The van der Waals surface area contributed by atoms with Crippen LogP contribution in [0.25, 0.3) is 0 Å². The number of halogens is 1. The van der Waals surface area contributed by atoms with Gasteiger partial charge in [-0.25, -0.2) is 0 Å². The summed E-state index contributed by atoms with van der Waals surface area (Å²) in [5.41, 5.74) is 8.77. The molecule has 1 unspecified atom stereocenters. The van der Waals surface area contributed by atoms with Crippen molar-refractivity contribution in [1.29, 1.82) is 0 Å². The van der Waals surface area contributed by atoms with Gasteiger partial charge in [0.05, 0.1) is 13.7 Å². The first-order valence-electron chi connectivity index (χ1n) is 8.84. The van der Waals surface area contributed by atoms with Crippen molar-refractivity contribution in [2.75, 3.05) is 13.7 Å². The molecule has 1 aliphatic rings. The average molecular weight is 362 g/mol. The summed E-state index contributed by atoms with van der Waals surface area (Å²) in [5.74, 6) is 2.45. The molecule has 4 heteroatoms. The Morgan fingerprint density at radius 1 is 1.04 bits per heavy atom. The topological polar surface area (TPSA) is 44.5 Å². The number of benzene rings is 2. The van der Waals surface area contributed by atoms with Crippen LogP contribution in [0.15, 0.2) is 48.5 Å². The zero-order valence-electron chi connectivity index (χ0n) is 14.8. The van der Waals surface area contributed by atoms with Gasteiger partial charge in [0.15, 0.2) is 11.5 Å². The number of hydrogen-bond acceptors (Lipinski definition) is 3. The van der Waals surface area contributed by atoms with Gasteiger partial charge < -0.3 is 15.2 Å². The normalized spacial score (nSPS) is 14.5. The molecular formula is C21H28ClNO2. The molecule has 1 saturated carbocycles. The fourth-order valence-corrected chi connectivity index (χ4v) is 3.05. The zero-order valence-corrected chi connectivity index (χ0v) is 15.6. The maximum atomic E-state index is 6.27. The van der Waals surface area contributed by atoms with Crippen LogP contribution in [0.4, 0.5) is 0 Å². The lowest BCUT2D eigenvalue weighted by molar-refractivity contribution is 0.297. The van der Waals surface area contributed by atoms with E-state index in [-0.39, 0.29) is 18.4 Å². The third-order valence-electron chi connectivity index (χ3n) is 4.55. The van der Waals surface area contributed by atoms with Crippen LogP contribution in [-0.4, -0.2) is 19.8 Å². The van der Waals surface area contributed by atoms with Crippen molar-refractivity contribution in [3.8, 4) is 11.5 Å². The Morgan fingerprint density at radius 2 is 1.80 bits per heavy atom. The smallest absolute Gasteiger partial charge is 0.161 e. The Kier molecular flexibility index (Phi) is 7.60. The molecule has 2 aromatic rings. The van der Waals surface area contributed by atoms with Crippen molar-refractivity contribution in [3.63, 3.8) is 0 Å². The second-order valence-electron chi connectivity index (χ2n) is 6.71. The van der Waals surface area contributed by atoms with Crippen molar-refractivity contribution in [2.45, 2.75) is 38.1 Å². The summed E-state index contributed by atoms with van der Waals surface area (Å²) in [6.45, 7) is 0.637. The monoisotopic (exact) mass is 361 g/mol. The minimum absolute atomic E-state index is 0. The summed E-state index contributed by atoms with van der Waals surface area (Å²) in [6.07, 6.45) is 5.62. The van der Waals surface area contributed by atoms with Crippen molar-refractivity contribution in [2.24, 2.45) is 11.7 Å². The lowest BCUT2D eigenvalue weighted by atomic mass is 10.0. The van der Waals surface area contributed by atoms with Gasteiger partial charge in [-0.1, -0.05) is 49.2 Å². The molecule has 0 saturated heterocycles. The third-order valence-corrected chi connectivity index (χ3v) is 4.55. The Bertz CT molecular complexity index is 644. The van der Waals surface area contributed by atoms with Crippen molar-refractivity contribution < 1.29 is 9.47 Å². The van der Waals surface area contributed by atoms with E-state index in [1.54, 1.807) is 7.11 Å². The maximum Gasteiger partial charge on any atom is 0.161 e. The highest BCUT2D eigenvalue weighted by Gasteiger charge is 2.24. The molecule has 0 bridgehead atoms. The maximum absolute atomic E-state index is 6.27. The average Bonchev–Trinajstić information content (AvgIpc) is 3.40. The van der Waals surface area contributed by atoms with Crippen LogP contribution in [0.3, 0.4) is 0 Å². The standard InChI is InChI=1S/C21H27NO2.ClH/c1-23-20-10-9-18(14-19(22)13-17-7-8-17)15-21(20)24-12-11-16-5-3-2-4-6-16;/h2-6,9-10,15,17,19H,7-8,11-14,22H2,1H3;1H. The molecule has 0 amide bonds. The van der Waals surface area contributed by atoms with Crippen LogP contribution in [0.5, 0.6) is 11.5 Å². The molecule has 3 nitrogen and oxygen atoms in total. The van der Waals surface area contributed by atoms with Gasteiger partial charge in [0, 0.05) is 12.5 Å². The number of hydrogen-bond donors (Lipinski definition) is 1. The van der Waals surface area contributed by atoms with Gasteiger partial charge in [-0.3, -0.25) is 0 Å². The predicted octanol–water partition coefficient (Wildman–Crippen LogP) is 4.41. The van der Waals surface area contributed by atoms with E-state index in [1.165, 1.54) is 24.0 Å². The first-order chi connectivity index (χ1) is 11.7. The van der Waals surface area contributed by atoms with Crippen molar-refractivity contribution in [1.82, 2.24) is 0 Å². The molecule has 3 rings (SSSR count). The SMILES string of the molecule is COc1ccc(CC(N)CC2CC2)cc1OCCc1ccccc1.Cl. The highest BCUT2D eigenvalue weighted by molar-refractivity contribution is 5.85.